The first-order valence-electron chi connectivity index (χ1n) is 7.74. The van der Waals surface area contributed by atoms with Gasteiger partial charge in [-0.25, -0.2) is 4.98 Å². The second-order valence-corrected chi connectivity index (χ2v) is 6.78. The van der Waals surface area contributed by atoms with Crippen molar-refractivity contribution in [1.82, 2.24) is 19.6 Å². The minimum Gasteiger partial charge on any atom is -0.281 e. The first-order valence-corrected chi connectivity index (χ1v) is 7.74. The van der Waals surface area contributed by atoms with E-state index in [0.29, 0.717) is 0 Å². The van der Waals surface area contributed by atoms with Gasteiger partial charge in [0, 0.05) is 11.6 Å². The number of nitrogens with zero attached hydrogens (tertiary/aromatic N) is 4. The summed E-state index contributed by atoms with van der Waals surface area (Å²) >= 11 is 0. The number of benzene rings is 1. The van der Waals surface area contributed by atoms with Gasteiger partial charge in [0.05, 0.1) is 5.52 Å². The summed E-state index contributed by atoms with van der Waals surface area (Å²) in [6, 6.07) is 16.3. The molecule has 0 fully saturated rings. The maximum atomic E-state index is 4.91. The Morgan fingerprint density at radius 1 is 0.870 bits per heavy atom. The Balaban J connectivity index is 1.99. The molecule has 0 atom stereocenters. The molecule has 0 aliphatic carbocycles. The maximum Gasteiger partial charge on any atom is 0.187 e. The normalized spacial score (nSPS) is 12.1. The van der Waals surface area contributed by atoms with E-state index in [-0.39, 0.29) is 5.41 Å². The van der Waals surface area contributed by atoms with Crippen molar-refractivity contribution in [2.45, 2.75) is 26.2 Å². The Bertz CT molecular complexity index is 1010. The van der Waals surface area contributed by atoms with Gasteiger partial charge < -0.3 is 0 Å². The lowest BCUT2D eigenvalue weighted by atomic mass is 9.85. The molecule has 4 rings (SSSR count). The Morgan fingerprint density at radius 3 is 2.57 bits per heavy atom. The molecule has 4 nitrogen and oxygen atoms in total. The average Bonchev–Trinajstić information content (AvgIpc) is 2.97. The quantitative estimate of drug-likeness (QED) is 0.528. The van der Waals surface area contributed by atoms with E-state index in [2.05, 4.69) is 55.2 Å². The van der Waals surface area contributed by atoms with Crippen molar-refractivity contribution >= 4 is 16.6 Å². The standard InChI is InChI=1S/C19H18N4/c1-19(2,3)14-8-6-7-13-10-11-15(20-17(13)14)18-22-21-16-9-4-5-12-23(16)18/h4-12H,1-3H3. The third kappa shape index (κ3) is 2.27. The fourth-order valence-electron chi connectivity index (χ4n) is 2.89. The molecule has 0 N–H and O–H groups in total. The number of pyridine rings is 2. The molecule has 3 aromatic heterocycles. The molecule has 3 heterocycles. The first-order chi connectivity index (χ1) is 11.0. The molecule has 0 aliphatic rings. The van der Waals surface area contributed by atoms with E-state index < -0.39 is 0 Å². The predicted molar refractivity (Wildman–Crippen MR) is 92.4 cm³/mol. The molecular formula is C19H18N4. The van der Waals surface area contributed by atoms with Crippen LogP contribution in [-0.2, 0) is 5.41 Å². The second-order valence-electron chi connectivity index (χ2n) is 6.78. The molecule has 23 heavy (non-hydrogen) atoms. The lowest BCUT2D eigenvalue weighted by Gasteiger charge is -2.20. The van der Waals surface area contributed by atoms with E-state index in [9.17, 15) is 0 Å². The minimum atomic E-state index is 0.0397. The summed E-state index contributed by atoms with van der Waals surface area (Å²) in [5.41, 5.74) is 3.98. The summed E-state index contributed by atoms with van der Waals surface area (Å²) in [5.74, 6) is 0.770. The second kappa shape index (κ2) is 4.88. The summed E-state index contributed by atoms with van der Waals surface area (Å²) in [6.45, 7) is 6.63. The van der Waals surface area contributed by atoms with Crippen LogP contribution >= 0.6 is 0 Å². The van der Waals surface area contributed by atoms with Crippen molar-refractivity contribution in [2.24, 2.45) is 0 Å². The zero-order chi connectivity index (χ0) is 16.0. The molecule has 4 heteroatoms. The lowest BCUT2D eigenvalue weighted by molar-refractivity contribution is 0.594. The Labute approximate surface area is 134 Å². The molecule has 1 aromatic carbocycles. The number of aromatic nitrogens is 4. The monoisotopic (exact) mass is 302 g/mol. The highest BCUT2D eigenvalue weighted by Crippen LogP contribution is 2.30. The zero-order valence-electron chi connectivity index (χ0n) is 13.5. The molecule has 0 amide bonds. The highest BCUT2D eigenvalue weighted by molar-refractivity contribution is 5.84. The van der Waals surface area contributed by atoms with Crippen LogP contribution in [-0.4, -0.2) is 19.6 Å². The van der Waals surface area contributed by atoms with Gasteiger partial charge in [0.25, 0.3) is 0 Å². The Morgan fingerprint density at radius 2 is 1.74 bits per heavy atom. The lowest BCUT2D eigenvalue weighted by Crippen LogP contribution is -2.12. The molecule has 0 saturated heterocycles. The topological polar surface area (TPSA) is 43.1 Å². The van der Waals surface area contributed by atoms with Gasteiger partial charge in [0.2, 0.25) is 0 Å². The molecule has 0 spiro atoms. The van der Waals surface area contributed by atoms with Gasteiger partial charge in [0.15, 0.2) is 11.5 Å². The SMILES string of the molecule is CC(C)(C)c1cccc2ccc(-c3nnc4ccccn34)nc12. The van der Waals surface area contributed by atoms with Crippen molar-refractivity contribution in [2.75, 3.05) is 0 Å². The van der Waals surface area contributed by atoms with Gasteiger partial charge in [-0.05, 0) is 29.2 Å². The number of rotatable bonds is 1. The molecule has 0 unspecified atom stereocenters. The fraction of sp³-hybridized carbons (Fsp3) is 0.211. The minimum absolute atomic E-state index is 0.0397. The number of hydrogen-bond donors (Lipinski definition) is 0. The van der Waals surface area contributed by atoms with Gasteiger partial charge in [-0.2, -0.15) is 0 Å². The Hall–Kier alpha value is -2.75. The summed E-state index contributed by atoms with van der Waals surface area (Å²) in [4.78, 5) is 4.91. The van der Waals surface area contributed by atoms with Crippen LogP contribution in [0.4, 0.5) is 0 Å². The van der Waals surface area contributed by atoms with Gasteiger partial charge in [-0.15, -0.1) is 10.2 Å². The van der Waals surface area contributed by atoms with Crippen molar-refractivity contribution in [3.05, 3.63) is 60.3 Å². The van der Waals surface area contributed by atoms with E-state index in [1.54, 1.807) is 0 Å². The van der Waals surface area contributed by atoms with Crippen molar-refractivity contribution in [3.63, 3.8) is 0 Å². The largest absolute Gasteiger partial charge is 0.281 e. The summed E-state index contributed by atoms with van der Waals surface area (Å²) in [5, 5.41) is 9.68. The van der Waals surface area contributed by atoms with Crippen molar-refractivity contribution in [1.29, 1.82) is 0 Å². The highest BCUT2D eigenvalue weighted by atomic mass is 15.2. The van der Waals surface area contributed by atoms with Crippen LogP contribution in [0.3, 0.4) is 0 Å². The van der Waals surface area contributed by atoms with E-state index in [1.165, 1.54) is 5.56 Å². The number of hydrogen-bond acceptors (Lipinski definition) is 3. The van der Waals surface area contributed by atoms with Crippen molar-refractivity contribution < 1.29 is 0 Å². The molecule has 0 bridgehead atoms. The van der Waals surface area contributed by atoms with E-state index in [0.717, 1.165) is 28.1 Å². The third-order valence-corrected chi connectivity index (χ3v) is 4.07. The van der Waals surface area contributed by atoms with Crippen molar-refractivity contribution in [3.8, 4) is 11.5 Å². The van der Waals surface area contributed by atoms with E-state index in [1.807, 2.05) is 34.9 Å². The highest BCUT2D eigenvalue weighted by Gasteiger charge is 2.18. The average molecular weight is 302 g/mol. The van der Waals surface area contributed by atoms with Crippen LogP contribution in [0.5, 0.6) is 0 Å². The molecular weight excluding hydrogens is 284 g/mol. The maximum absolute atomic E-state index is 4.91. The Kier molecular flexibility index (Phi) is 2.94. The molecule has 0 radical (unpaired) electrons. The zero-order valence-corrected chi connectivity index (χ0v) is 13.5. The summed E-state index contributed by atoms with van der Waals surface area (Å²) in [6.07, 6.45) is 1.96. The first kappa shape index (κ1) is 13.9. The van der Waals surface area contributed by atoms with Crippen LogP contribution in [0.2, 0.25) is 0 Å². The fourth-order valence-corrected chi connectivity index (χ4v) is 2.89. The molecule has 4 aromatic rings. The third-order valence-electron chi connectivity index (χ3n) is 4.07. The number of para-hydroxylation sites is 1. The predicted octanol–water partition coefficient (Wildman–Crippen LogP) is 4.24. The van der Waals surface area contributed by atoms with E-state index >= 15 is 0 Å². The van der Waals surface area contributed by atoms with Crippen LogP contribution in [0.15, 0.2) is 54.7 Å². The molecule has 0 saturated carbocycles. The smallest absolute Gasteiger partial charge is 0.187 e. The van der Waals surface area contributed by atoms with Gasteiger partial charge in [-0.3, -0.25) is 4.40 Å². The summed E-state index contributed by atoms with van der Waals surface area (Å²) < 4.78 is 1.97. The van der Waals surface area contributed by atoms with Gasteiger partial charge >= 0.3 is 0 Å². The van der Waals surface area contributed by atoms with Gasteiger partial charge in [-0.1, -0.05) is 51.1 Å². The van der Waals surface area contributed by atoms with Crippen LogP contribution < -0.4 is 0 Å². The number of fused-ring (bicyclic) bond motifs is 2. The summed E-state index contributed by atoms with van der Waals surface area (Å²) in [7, 11) is 0. The van der Waals surface area contributed by atoms with Crippen LogP contribution in [0.1, 0.15) is 26.3 Å². The molecule has 0 aliphatic heterocycles. The van der Waals surface area contributed by atoms with Gasteiger partial charge in [0.1, 0.15) is 5.69 Å². The van der Waals surface area contributed by atoms with Crippen LogP contribution in [0, 0.1) is 0 Å². The molecule has 114 valence electrons. The van der Waals surface area contributed by atoms with Crippen LogP contribution in [0.25, 0.3) is 28.1 Å². The van der Waals surface area contributed by atoms with E-state index in [4.69, 9.17) is 4.98 Å².